The third-order valence-electron chi connectivity index (χ3n) is 7.51. The standard InChI is InChI=1S/C29H40N3OP/c1-5-13-25(14-6-1)30-29(31-21-23-33-24-22-31)32(26-15-7-2-8-16-26)34(27-17-9-3-10-18-27)28-19-11-4-12-20-28/h3-4,9-12,17-20,25-26H,1-2,5-8,13-16,21-24H2. The monoisotopic (exact) mass is 477 g/mol. The second-order valence-electron chi connectivity index (χ2n) is 9.94. The number of hydrogen-bond acceptors (Lipinski definition) is 2. The third kappa shape index (κ3) is 5.83. The fourth-order valence-electron chi connectivity index (χ4n) is 5.70. The van der Waals surface area contributed by atoms with Crippen LogP contribution in [0.2, 0.25) is 0 Å². The molecule has 0 bridgehead atoms. The molecule has 3 aliphatic rings. The Hall–Kier alpha value is -1.90. The molecule has 0 N–H and O–H groups in total. The summed E-state index contributed by atoms with van der Waals surface area (Å²) in [5.74, 6) is 1.26. The van der Waals surface area contributed by atoms with Gasteiger partial charge in [-0.1, -0.05) is 99.2 Å². The number of rotatable bonds is 5. The van der Waals surface area contributed by atoms with Gasteiger partial charge in [-0.05, 0) is 25.7 Å². The topological polar surface area (TPSA) is 28.1 Å². The van der Waals surface area contributed by atoms with Crippen molar-refractivity contribution in [1.82, 2.24) is 9.57 Å². The van der Waals surface area contributed by atoms with Crippen LogP contribution < -0.4 is 10.6 Å². The van der Waals surface area contributed by atoms with Crippen LogP contribution in [-0.2, 0) is 4.74 Å². The number of benzene rings is 2. The van der Waals surface area contributed by atoms with Gasteiger partial charge in [0.15, 0.2) is 0 Å². The van der Waals surface area contributed by atoms with Gasteiger partial charge in [-0.3, -0.25) is 0 Å². The first-order valence-electron chi connectivity index (χ1n) is 13.5. The van der Waals surface area contributed by atoms with Crippen LogP contribution in [0.25, 0.3) is 0 Å². The van der Waals surface area contributed by atoms with Crippen LogP contribution in [0.1, 0.15) is 64.2 Å². The lowest BCUT2D eigenvalue weighted by Gasteiger charge is -2.46. The zero-order valence-corrected chi connectivity index (χ0v) is 21.4. The summed E-state index contributed by atoms with van der Waals surface area (Å²) in [4.78, 5) is 8.20. The molecule has 182 valence electrons. The Bertz CT molecular complexity index is 849. The molecule has 0 atom stereocenters. The predicted molar refractivity (Wildman–Crippen MR) is 144 cm³/mol. The summed E-state index contributed by atoms with van der Waals surface area (Å²) in [5, 5.41) is 2.86. The summed E-state index contributed by atoms with van der Waals surface area (Å²) in [6.07, 6.45) is 13.0. The molecule has 5 heteroatoms. The second-order valence-corrected chi connectivity index (χ2v) is 12.0. The van der Waals surface area contributed by atoms with E-state index in [2.05, 4.69) is 70.2 Å². The lowest BCUT2D eigenvalue weighted by Crippen LogP contribution is -2.53. The first-order chi connectivity index (χ1) is 16.9. The molecule has 5 rings (SSSR count). The highest BCUT2D eigenvalue weighted by Gasteiger charge is 2.36. The maximum Gasteiger partial charge on any atom is 0.201 e. The number of guanidine groups is 1. The van der Waals surface area contributed by atoms with Gasteiger partial charge >= 0.3 is 0 Å². The first-order valence-corrected chi connectivity index (χ1v) is 14.8. The molecule has 0 unspecified atom stereocenters. The maximum absolute atomic E-state index is 5.78. The highest BCUT2D eigenvalue weighted by molar-refractivity contribution is 7.71. The third-order valence-corrected chi connectivity index (χ3v) is 10.0. The minimum absolute atomic E-state index is 0.459. The van der Waals surface area contributed by atoms with Gasteiger partial charge < -0.3 is 14.3 Å². The van der Waals surface area contributed by atoms with Gasteiger partial charge in [-0.25, -0.2) is 4.99 Å². The van der Waals surface area contributed by atoms with Gasteiger partial charge in [-0.15, -0.1) is 0 Å². The molecule has 2 saturated carbocycles. The molecule has 3 fully saturated rings. The van der Waals surface area contributed by atoms with E-state index < -0.39 is 8.07 Å². The van der Waals surface area contributed by atoms with Crippen LogP contribution in [0, 0.1) is 0 Å². The summed E-state index contributed by atoms with van der Waals surface area (Å²) in [7, 11) is -0.708. The average Bonchev–Trinajstić information content (AvgIpc) is 2.93. The number of hydrogen-bond donors (Lipinski definition) is 0. The maximum atomic E-state index is 5.78. The molecule has 1 saturated heterocycles. The minimum atomic E-state index is -0.708. The Morgan fingerprint density at radius 2 is 1.26 bits per heavy atom. The van der Waals surface area contributed by atoms with Crippen LogP contribution in [-0.4, -0.2) is 53.9 Å². The van der Waals surface area contributed by atoms with Crippen LogP contribution in [0.4, 0.5) is 0 Å². The highest BCUT2D eigenvalue weighted by atomic mass is 31.1. The lowest BCUT2D eigenvalue weighted by atomic mass is 9.95. The van der Waals surface area contributed by atoms with E-state index in [9.17, 15) is 0 Å². The molecule has 2 aromatic rings. The molecule has 0 spiro atoms. The van der Waals surface area contributed by atoms with E-state index >= 15 is 0 Å². The number of morpholine rings is 1. The zero-order valence-electron chi connectivity index (χ0n) is 20.5. The SMILES string of the molecule is c1ccc(P(c2ccccc2)N(C(=NC2CCCCC2)N2CCOCC2)C2CCCCC2)cc1. The van der Waals surface area contributed by atoms with Crippen molar-refractivity contribution in [2.45, 2.75) is 76.3 Å². The van der Waals surface area contributed by atoms with Gasteiger partial charge in [0.1, 0.15) is 0 Å². The highest BCUT2D eigenvalue weighted by Crippen LogP contribution is 2.44. The van der Waals surface area contributed by atoms with Gasteiger partial charge in [0.25, 0.3) is 0 Å². The van der Waals surface area contributed by atoms with Crippen LogP contribution >= 0.6 is 8.07 Å². The second kappa shape index (κ2) is 12.2. The van der Waals surface area contributed by atoms with Crippen molar-refractivity contribution < 1.29 is 4.74 Å². The largest absolute Gasteiger partial charge is 0.378 e. The Morgan fingerprint density at radius 1 is 0.735 bits per heavy atom. The molecule has 34 heavy (non-hydrogen) atoms. The smallest absolute Gasteiger partial charge is 0.201 e. The summed E-state index contributed by atoms with van der Waals surface area (Å²) in [6.45, 7) is 3.50. The van der Waals surface area contributed by atoms with Crippen LogP contribution in [0.15, 0.2) is 65.7 Å². The fourth-order valence-corrected chi connectivity index (χ4v) is 8.32. The van der Waals surface area contributed by atoms with Crippen LogP contribution in [0.3, 0.4) is 0 Å². The molecule has 0 radical (unpaired) electrons. The van der Waals surface area contributed by atoms with Crippen molar-refractivity contribution in [1.29, 1.82) is 0 Å². The van der Waals surface area contributed by atoms with E-state index in [-0.39, 0.29) is 0 Å². The van der Waals surface area contributed by atoms with Crippen molar-refractivity contribution in [3.8, 4) is 0 Å². The number of aliphatic imine (C=N–C) groups is 1. The summed E-state index contributed by atoms with van der Waals surface area (Å²) >= 11 is 0. The van der Waals surface area contributed by atoms with E-state index in [1.54, 1.807) is 0 Å². The van der Waals surface area contributed by atoms with Crippen molar-refractivity contribution >= 4 is 24.6 Å². The average molecular weight is 478 g/mol. The molecular formula is C29H40N3OP. The van der Waals surface area contributed by atoms with Gasteiger partial charge in [0.05, 0.1) is 27.3 Å². The molecule has 4 nitrogen and oxygen atoms in total. The number of nitrogens with zero attached hydrogens (tertiary/aromatic N) is 3. The Morgan fingerprint density at radius 3 is 1.82 bits per heavy atom. The van der Waals surface area contributed by atoms with E-state index in [0.29, 0.717) is 12.1 Å². The van der Waals surface area contributed by atoms with E-state index in [0.717, 1.165) is 26.3 Å². The summed E-state index contributed by atoms with van der Waals surface area (Å²) in [5.41, 5.74) is 0. The van der Waals surface area contributed by atoms with E-state index in [4.69, 9.17) is 9.73 Å². The van der Waals surface area contributed by atoms with Gasteiger partial charge in [0.2, 0.25) is 5.96 Å². The Balaban J connectivity index is 1.62. The Kier molecular flexibility index (Phi) is 8.53. The van der Waals surface area contributed by atoms with Crippen molar-refractivity contribution in [2.75, 3.05) is 26.3 Å². The molecule has 2 aliphatic carbocycles. The first kappa shape index (κ1) is 23.8. The molecular weight excluding hydrogens is 437 g/mol. The van der Waals surface area contributed by atoms with Crippen molar-refractivity contribution in [2.24, 2.45) is 4.99 Å². The summed E-state index contributed by atoms with van der Waals surface area (Å²) < 4.78 is 8.60. The minimum Gasteiger partial charge on any atom is -0.378 e. The zero-order chi connectivity index (χ0) is 23.0. The van der Waals surface area contributed by atoms with Crippen molar-refractivity contribution in [3.63, 3.8) is 0 Å². The lowest BCUT2D eigenvalue weighted by molar-refractivity contribution is 0.0629. The van der Waals surface area contributed by atoms with E-state index in [1.165, 1.54) is 80.8 Å². The molecule has 2 aromatic carbocycles. The molecule has 1 heterocycles. The van der Waals surface area contributed by atoms with Crippen LogP contribution in [0.5, 0.6) is 0 Å². The number of ether oxygens (including phenoxy) is 1. The molecule has 0 aromatic heterocycles. The molecule has 1 aliphatic heterocycles. The van der Waals surface area contributed by atoms with Crippen molar-refractivity contribution in [3.05, 3.63) is 60.7 Å². The Labute approximate surface area is 207 Å². The normalized spacial score (nSPS) is 21.1. The summed E-state index contributed by atoms with van der Waals surface area (Å²) in [6, 6.07) is 23.5. The van der Waals surface area contributed by atoms with Gasteiger partial charge in [-0.2, -0.15) is 0 Å². The quantitative estimate of drug-likeness (QED) is 0.315. The van der Waals surface area contributed by atoms with E-state index in [1.807, 2.05) is 0 Å². The predicted octanol–water partition coefficient (Wildman–Crippen LogP) is 5.69. The fraction of sp³-hybridized carbons (Fsp3) is 0.552. The van der Waals surface area contributed by atoms with Gasteiger partial charge in [0, 0.05) is 29.7 Å². The molecule has 0 amide bonds.